The van der Waals surface area contributed by atoms with E-state index < -0.39 is 11.9 Å². The van der Waals surface area contributed by atoms with Crippen molar-refractivity contribution in [3.63, 3.8) is 0 Å². The summed E-state index contributed by atoms with van der Waals surface area (Å²) in [5.74, 6) is -1.54. The zero-order valence-corrected chi connectivity index (χ0v) is 19.4. The minimum absolute atomic E-state index is 0.0531. The molecule has 1 aromatic carbocycles. The van der Waals surface area contributed by atoms with Gasteiger partial charge in [-0.3, -0.25) is 19.7 Å². The normalized spacial score (nSPS) is 30.7. The van der Waals surface area contributed by atoms with E-state index in [1.165, 1.54) is 37.0 Å². The number of hydrogen-bond donors (Lipinski definition) is 2. The Bertz CT molecular complexity index is 1030. The number of halogens is 1. The van der Waals surface area contributed by atoms with Crippen molar-refractivity contribution in [3.05, 3.63) is 34.6 Å². The fourth-order valence-corrected chi connectivity index (χ4v) is 6.75. The summed E-state index contributed by atoms with van der Waals surface area (Å²) >= 11 is 0. The number of hydrogen-bond acceptors (Lipinski definition) is 5. The van der Waals surface area contributed by atoms with Crippen molar-refractivity contribution in [2.75, 3.05) is 6.61 Å². The molecule has 1 unspecified atom stereocenters. The van der Waals surface area contributed by atoms with Crippen LogP contribution in [0.15, 0.2) is 12.1 Å². The first-order valence-electron chi connectivity index (χ1n) is 12.7. The summed E-state index contributed by atoms with van der Waals surface area (Å²) in [5, 5.41) is 6.09. The summed E-state index contributed by atoms with van der Waals surface area (Å²) in [6.07, 6.45) is 9.45. The monoisotopic (exact) mass is 469 g/mol. The summed E-state index contributed by atoms with van der Waals surface area (Å²) in [6.45, 7) is 0.739. The highest BCUT2D eigenvalue weighted by atomic mass is 19.1. The smallest absolute Gasteiger partial charge is 0.255 e. The molecule has 5 aliphatic rings. The van der Waals surface area contributed by atoms with Gasteiger partial charge in [0.25, 0.3) is 5.91 Å². The van der Waals surface area contributed by atoms with E-state index in [1.807, 2.05) is 0 Å². The first-order chi connectivity index (χ1) is 16.4. The van der Waals surface area contributed by atoms with Gasteiger partial charge in [0.1, 0.15) is 11.9 Å². The number of carbonyl (C=O) groups excluding carboxylic acids is 3. The van der Waals surface area contributed by atoms with Crippen LogP contribution in [0.5, 0.6) is 0 Å². The predicted octanol–water partition coefficient (Wildman–Crippen LogP) is 2.60. The standard InChI is InChI=1S/C26H32FN3O4/c27-23-15(11-21-19(3-1-10-34-21)28-16-12-26(13-16)8-2-9-26)4-5-17-18(23)14-30(25(17)33)20-6-7-22(31)29-24(20)32/h4-5,16,19-21,28H,1-3,6-14H2,(H,29,31,32)/t19-,20?,21+/m0/s1. The molecule has 6 rings (SSSR count). The number of benzene rings is 1. The Morgan fingerprint density at radius 2 is 1.97 bits per heavy atom. The zero-order chi connectivity index (χ0) is 23.4. The van der Waals surface area contributed by atoms with Crippen LogP contribution >= 0.6 is 0 Å². The van der Waals surface area contributed by atoms with Crippen LogP contribution in [0.4, 0.5) is 4.39 Å². The Morgan fingerprint density at radius 3 is 2.71 bits per heavy atom. The molecule has 7 nitrogen and oxygen atoms in total. The second-order valence-corrected chi connectivity index (χ2v) is 11.0. The van der Waals surface area contributed by atoms with Gasteiger partial charge in [0.2, 0.25) is 11.8 Å². The number of amides is 3. The lowest BCUT2D eigenvalue weighted by Crippen LogP contribution is -2.58. The highest BCUT2D eigenvalue weighted by molar-refractivity contribution is 6.05. The van der Waals surface area contributed by atoms with Crippen LogP contribution < -0.4 is 10.6 Å². The van der Waals surface area contributed by atoms with Crippen LogP contribution in [0.25, 0.3) is 0 Å². The zero-order valence-electron chi connectivity index (χ0n) is 19.4. The topological polar surface area (TPSA) is 87.7 Å². The fourth-order valence-electron chi connectivity index (χ4n) is 6.75. The molecule has 3 atom stereocenters. The molecular weight excluding hydrogens is 437 g/mol. The van der Waals surface area contributed by atoms with Crippen molar-refractivity contribution in [3.8, 4) is 0 Å². The van der Waals surface area contributed by atoms with E-state index in [2.05, 4.69) is 10.6 Å². The predicted molar refractivity (Wildman–Crippen MR) is 121 cm³/mol. The number of carbonyl (C=O) groups is 3. The van der Waals surface area contributed by atoms with Crippen LogP contribution in [0.3, 0.4) is 0 Å². The van der Waals surface area contributed by atoms with Gasteiger partial charge in [-0.15, -0.1) is 0 Å². The van der Waals surface area contributed by atoms with Gasteiger partial charge in [-0.05, 0) is 62.0 Å². The van der Waals surface area contributed by atoms with Crippen molar-refractivity contribution in [1.29, 1.82) is 0 Å². The molecule has 1 spiro atoms. The SMILES string of the molecule is O=C1CCC(N2Cc3c(ccc(C[C@H]4OCCC[C@@H]4NC4CC5(CCC5)C4)c3F)C2=O)C(=O)N1. The summed E-state index contributed by atoms with van der Waals surface area (Å²) in [4.78, 5) is 38.1. The molecule has 3 aliphatic heterocycles. The Kier molecular flexibility index (Phi) is 5.48. The van der Waals surface area contributed by atoms with Gasteiger partial charge in [0.05, 0.1) is 12.6 Å². The molecule has 4 fully saturated rings. The van der Waals surface area contributed by atoms with Gasteiger partial charge in [-0.25, -0.2) is 4.39 Å². The number of piperidine rings is 1. The highest BCUT2D eigenvalue weighted by Gasteiger charge is 2.49. The second kappa shape index (κ2) is 8.41. The Balaban J connectivity index is 1.15. The maximum absolute atomic E-state index is 15.6. The van der Waals surface area contributed by atoms with Crippen molar-refractivity contribution in [2.24, 2.45) is 5.41 Å². The van der Waals surface area contributed by atoms with Crippen LogP contribution in [-0.4, -0.2) is 53.5 Å². The molecule has 0 radical (unpaired) electrons. The van der Waals surface area contributed by atoms with E-state index in [0.717, 1.165) is 12.8 Å². The minimum atomic E-state index is -0.739. The van der Waals surface area contributed by atoms with Crippen LogP contribution in [0, 0.1) is 11.2 Å². The summed E-state index contributed by atoms with van der Waals surface area (Å²) in [5.41, 5.74) is 1.82. The molecular formula is C26H32FN3O4. The van der Waals surface area contributed by atoms with Gasteiger partial charge in [0.15, 0.2) is 0 Å². The van der Waals surface area contributed by atoms with Crippen molar-refractivity contribution >= 4 is 17.7 Å². The number of nitrogens with one attached hydrogen (secondary N) is 2. The first-order valence-corrected chi connectivity index (χ1v) is 12.7. The molecule has 2 N–H and O–H groups in total. The summed E-state index contributed by atoms with van der Waals surface area (Å²) in [7, 11) is 0. The number of ether oxygens (including phenoxy) is 1. The van der Waals surface area contributed by atoms with Crippen molar-refractivity contribution in [1.82, 2.24) is 15.5 Å². The number of imide groups is 1. The van der Waals surface area contributed by atoms with Gasteiger partial charge < -0.3 is 15.0 Å². The number of fused-ring (bicyclic) bond motifs is 1. The van der Waals surface area contributed by atoms with E-state index in [-0.39, 0.29) is 49.2 Å². The average molecular weight is 470 g/mol. The van der Waals surface area contributed by atoms with Crippen LogP contribution in [0.1, 0.15) is 79.3 Å². The third-order valence-corrected chi connectivity index (χ3v) is 8.81. The number of rotatable bonds is 5. The quantitative estimate of drug-likeness (QED) is 0.648. The van der Waals surface area contributed by atoms with Crippen LogP contribution in [-0.2, 0) is 27.3 Å². The first kappa shape index (κ1) is 22.2. The Morgan fingerprint density at radius 1 is 1.15 bits per heavy atom. The highest BCUT2D eigenvalue weighted by Crippen LogP contribution is 2.56. The van der Waals surface area contributed by atoms with Crippen molar-refractivity contribution in [2.45, 2.75) is 95.0 Å². The maximum atomic E-state index is 15.6. The van der Waals surface area contributed by atoms with Crippen LogP contribution in [0.2, 0.25) is 0 Å². The van der Waals surface area contributed by atoms with Gasteiger partial charge in [-0.1, -0.05) is 12.5 Å². The van der Waals surface area contributed by atoms with E-state index in [4.69, 9.17) is 4.74 Å². The van der Waals surface area contributed by atoms with Gasteiger partial charge in [0, 0.05) is 42.7 Å². The lowest BCUT2D eigenvalue weighted by Gasteiger charge is -2.55. The molecule has 8 heteroatoms. The van der Waals surface area contributed by atoms with E-state index >= 15 is 4.39 Å². The Labute approximate surface area is 198 Å². The molecule has 34 heavy (non-hydrogen) atoms. The molecule has 2 saturated carbocycles. The van der Waals surface area contributed by atoms with Gasteiger partial charge >= 0.3 is 0 Å². The molecule has 3 amide bonds. The largest absolute Gasteiger partial charge is 0.376 e. The average Bonchev–Trinajstić information content (AvgIpc) is 3.09. The lowest BCUT2D eigenvalue weighted by atomic mass is 9.54. The number of nitrogens with zero attached hydrogens (tertiary/aromatic N) is 1. The molecule has 0 aromatic heterocycles. The Hall–Kier alpha value is -2.32. The second-order valence-electron chi connectivity index (χ2n) is 11.0. The van der Waals surface area contributed by atoms with Crippen molar-refractivity contribution < 1.29 is 23.5 Å². The summed E-state index contributed by atoms with van der Waals surface area (Å²) in [6, 6.07) is 3.39. The minimum Gasteiger partial charge on any atom is -0.376 e. The maximum Gasteiger partial charge on any atom is 0.255 e. The lowest BCUT2D eigenvalue weighted by molar-refractivity contribution is -0.136. The molecule has 0 bridgehead atoms. The summed E-state index contributed by atoms with van der Waals surface area (Å²) < 4.78 is 21.7. The van der Waals surface area contributed by atoms with E-state index in [1.54, 1.807) is 12.1 Å². The third kappa shape index (κ3) is 3.75. The fraction of sp³-hybridized carbons (Fsp3) is 0.654. The molecule has 2 aliphatic carbocycles. The molecule has 2 saturated heterocycles. The van der Waals surface area contributed by atoms with E-state index in [9.17, 15) is 14.4 Å². The third-order valence-electron chi connectivity index (χ3n) is 8.81. The molecule has 1 aromatic rings. The molecule has 3 heterocycles. The van der Waals surface area contributed by atoms with E-state index in [0.29, 0.717) is 41.2 Å². The van der Waals surface area contributed by atoms with Gasteiger partial charge in [-0.2, -0.15) is 0 Å². The molecule has 182 valence electrons.